The molecule has 0 saturated carbocycles. The largest absolute Gasteiger partial charge is 0.420 e. The zero-order valence-electron chi connectivity index (χ0n) is 18.6. The predicted octanol–water partition coefficient (Wildman–Crippen LogP) is 3.29. The van der Waals surface area contributed by atoms with Gasteiger partial charge in [-0.05, 0) is 37.3 Å². The molecule has 3 rings (SSSR count). The first-order chi connectivity index (χ1) is 16.5. The minimum atomic E-state index is -5.15. The molecule has 2 amide bonds. The molecular weight excluding hydrogens is 487 g/mol. The Morgan fingerprint density at radius 2 is 1.86 bits per heavy atom. The third-order valence-corrected chi connectivity index (χ3v) is 5.55. The van der Waals surface area contributed by atoms with Crippen LogP contribution in [0, 0.1) is 0 Å². The SMILES string of the molecule is CCN(CC(O)(CNC(=O)c1cnn(-c2cccc(Cl)c2)c1N)C(F)(F)F)C(=O)c1ccccc1. The first-order valence-corrected chi connectivity index (χ1v) is 10.9. The molecule has 0 fully saturated rings. The second kappa shape index (κ2) is 10.4. The fraction of sp³-hybridized carbons (Fsp3) is 0.261. The van der Waals surface area contributed by atoms with Crippen LogP contribution in [-0.4, -0.2) is 63.0 Å². The zero-order valence-corrected chi connectivity index (χ0v) is 19.3. The van der Waals surface area contributed by atoms with Crippen molar-refractivity contribution in [3.63, 3.8) is 0 Å². The van der Waals surface area contributed by atoms with E-state index in [1.807, 2.05) is 0 Å². The van der Waals surface area contributed by atoms with E-state index in [9.17, 15) is 27.9 Å². The van der Waals surface area contributed by atoms with Crippen LogP contribution in [-0.2, 0) is 0 Å². The second-order valence-electron chi connectivity index (χ2n) is 7.73. The van der Waals surface area contributed by atoms with Crippen molar-refractivity contribution >= 4 is 29.2 Å². The molecule has 0 aliphatic rings. The average molecular weight is 510 g/mol. The number of nitrogens with two attached hydrogens (primary N) is 1. The normalized spacial score (nSPS) is 13.2. The minimum absolute atomic E-state index is 0.0978. The number of alkyl halides is 3. The number of hydrogen-bond donors (Lipinski definition) is 3. The Bertz CT molecular complexity index is 1200. The van der Waals surface area contributed by atoms with Crippen LogP contribution in [0.2, 0.25) is 5.02 Å². The highest BCUT2D eigenvalue weighted by molar-refractivity contribution is 6.30. The lowest BCUT2D eigenvalue weighted by Crippen LogP contribution is -2.60. The molecule has 0 aliphatic heterocycles. The van der Waals surface area contributed by atoms with Gasteiger partial charge in [-0.2, -0.15) is 18.3 Å². The van der Waals surface area contributed by atoms with Crippen molar-refractivity contribution in [3.05, 3.63) is 76.9 Å². The first-order valence-electron chi connectivity index (χ1n) is 10.5. The van der Waals surface area contributed by atoms with E-state index >= 15 is 0 Å². The molecular formula is C23H23ClF3N5O3. The molecule has 1 atom stereocenters. The van der Waals surface area contributed by atoms with Crippen LogP contribution in [0.25, 0.3) is 5.69 Å². The Kier molecular flexibility index (Phi) is 7.71. The lowest BCUT2D eigenvalue weighted by Gasteiger charge is -2.35. The molecule has 4 N–H and O–H groups in total. The quantitative estimate of drug-likeness (QED) is 0.431. The fourth-order valence-corrected chi connectivity index (χ4v) is 3.50. The molecule has 0 bridgehead atoms. The molecule has 1 aromatic heterocycles. The van der Waals surface area contributed by atoms with Crippen molar-refractivity contribution in [1.29, 1.82) is 0 Å². The van der Waals surface area contributed by atoms with E-state index in [0.717, 1.165) is 11.1 Å². The highest BCUT2D eigenvalue weighted by Gasteiger charge is 2.55. The number of carbonyl (C=O) groups is 2. The van der Waals surface area contributed by atoms with Gasteiger partial charge in [-0.25, -0.2) is 4.68 Å². The first kappa shape index (κ1) is 26.0. The summed E-state index contributed by atoms with van der Waals surface area (Å²) >= 11 is 5.95. The summed E-state index contributed by atoms with van der Waals surface area (Å²) in [4.78, 5) is 26.2. The number of anilines is 1. The van der Waals surface area contributed by atoms with Gasteiger partial charge in [-0.3, -0.25) is 9.59 Å². The van der Waals surface area contributed by atoms with Crippen LogP contribution in [0.5, 0.6) is 0 Å². The molecule has 0 aliphatic carbocycles. The van der Waals surface area contributed by atoms with Crippen LogP contribution in [0.4, 0.5) is 19.0 Å². The summed E-state index contributed by atoms with van der Waals surface area (Å²) in [5.74, 6) is -1.79. The van der Waals surface area contributed by atoms with E-state index in [2.05, 4.69) is 10.4 Å². The number of likely N-dealkylation sites (N-methyl/N-ethyl adjacent to an activating group) is 1. The van der Waals surface area contributed by atoms with E-state index in [-0.39, 0.29) is 23.5 Å². The number of aliphatic hydroxyl groups is 1. The van der Waals surface area contributed by atoms with Crippen LogP contribution in [0.3, 0.4) is 0 Å². The van der Waals surface area contributed by atoms with E-state index in [4.69, 9.17) is 17.3 Å². The maximum absolute atomic E-state index is 13.9. The monoisotopic (exact) mass is 509 g/mol. The highest BCUT2D eigenvalue weighted by Crippen LogP contribution is 2.31. The maximum atomic E-state index is 13.9. The molecule has 1 unspecified atom stereocenters. The summed E-state index contributed by atoms with van der Waals surface area (Å²) in [6.45, 7) is -0.908. The number of halogens is 4. The van der Waals surface area contributed by atoms with E-state index < -0.39 is 36.7 Å². The Morgan fingerprint density at radius 1 is 1.17 bits per heavy atom. The van der Waals surface area contributed by atoms with Gasteiger partial charge in [0.25, 0.3) is 11.8 Å². The van der Waals surface area contributed by atoms with Gasteiger partial charge in [0, 0.05) is 17.1 Å². The Morgan fingerprint density at radius 3 is 2.46 bits per heavy atom. The Hall–Kier alpha value is -3.57. The average Bonchev–Trinajstić information content (AvgIpc) is 3.21. The maximum Gasteiger partial charge on any atom is 0.420 e. The van der Waals surface area contributed by atoms with Crippen molar-refractivity contribution in [2.24, 2.45) is 0 Å². The highest BCUT2D eigenvalue weighted by atomic mass is 35.5. The number of nitrogens with one attached hydrogen (secondary N) is 1. The summed E-state index contributed by atoms with van der Waals surface area (Å²) in [7, 11) is 0. The second-order valence-corrected chi connectivity index (χ2v) is 8.17. The van der Waals surface area contributed by atoms with Gasteiger partial charge in [-0.15, -0.1) is 0 Å². The fourth-order valence-electron chi connectivity index (χ4n) is 3.32. The smallest absolute Gasteiger partial charge is 0.383 e. The predicted molar refractivity (Wildman–Crippen MR) is 124 cm³/mol. The zero-order chi connectivity index (χ0) is 25.8. The Labute approximate surface area is 204 Å². The molecule has 12 heteroatoms. The van der Waals surface area contributed by atoms with Crippen molar-refractivity contribution < 1.29 is 27.9 Å². The van der Waals surface area contributed by atoms with Gasteiger partial charge in [-0.1, -0.05) is 35.9 Å². The van der Waals surface area contributed by atoms with Gasteiger partial charge in [0.15, 0.2) is 5.60 Å². The summed E-state index contributed by atoms with van der Waals surface area (Å²) in [6.07, 6.45) is -4.06. The lowest BCUT2D eigenvalue weighted by atomic mass is 10.0. The van der Waals surface area contributed by atoms with Crippen LogP contribution >= 0.6 is 11.6 Å². The van der Waals surface area contributed by atoms with Crippen molar-refractivity contribution in [3.8, 4) is 5.69 Å². The summed E-state index contributed by atoms with van der Waals surface area (Å²) in [5.41, 5.74) is 2.98. The van der Waals surface area contributed by atoms with Crippen molar-refractivity contribution in [2.45, 2.75) is 18.7 Å². The van der Waals surface area contributed by atoms with Gasteiger partial charge in [0.1, 0.15) is 11.4 Å². The van der Waals surface area contributed by atoms with Crippen LogP contribution in [0.15, 0.2) is 60.8 Å². The number of carbonyl (C=O) groups excluding carboxylic acids is 2. The topological polar surface area (TPSA) is 113 Å². The molecule has 0 saturated heterocycles. The standard InChI is InChI=1S/C23H23ClF3N5O3/c1-2-31(21(34)15-7-4-3-5-8-15)14-22(35,23(25,26)27)13-29-20(33)18-12-30-32(19(18)28)17-10-6-9-16(24)11-17/h3-12,35H,2,13-14,28H2,1H3,(H,29,33). The Balaban J connectivity index is 1.78. The number of hydrogen-bond acceptors (Lipinski definition) is 5. The van der Waals surface area contributed by atoms with Gasteiger partial charge in [0.2, 0.25) is 0 Å². The van der Waals surface area contributed by atoms with Gasteiger partial charge < -0.3 is 21.1 Å². The van der Waals surface area contributed by atoms with E-state index in [0.29, 0.717) is 10.7 Å². The van der Waals surface area contributed by atoms with Crippen molar-refractivity contribution in [2.75, 3.05) is 25.4 Å². The molecule has 8 nitrogen and oxygen atoms in total. The summed E-state index contributed by atoms with van der Waals surface area (Å²) < 4.78 is 42.8. The molecule has 35 heavy (non-hydrogen) atoms. The van der Waals surface area contributed by atoms with Crippen LogP contribution in [0.1, 0.15) is 27.6 Å². The molecule has 1 heterocycles. The van der Waals surface area contributed by atoms with Crippen LogP contribution < -0.4 is 11.1 Å². The molecule has 186 valence electrons. The number of aromatic nitrogens is 2. The van der Waals surface area contributed by atoms with E-state index in [1.165, 1.54) is 29.8 Å². The molecule has 3 aromatic rings. The lowest BCUT2D eigenvalue weighted by molar-refractivity contribution is -0.259. The third-order valence-electron chi connectivity index (χ3n) is 5.32. The third kappa shape index (κ3) is 5.75. The van der Waals surface area contributed by atoms with Gasteiger partial charge in [0.05, 0.1) is 25.0 Å². The number of rotatable bonds is 8. The summed E-state index contributed by atoms with van der Waals surface area (Å²) in [6, 6.07) is 14.2. The van der Waals surface area contributed by atoms with Crippen molar-refractivity contribution in [1.82, 2.24) is 20.0 Å². The summed E-state index contributed by atoms with van der Waals surface area (Å²) in [5, 5.41) is 17.0. The number of nitrogen functional groups attached to an aromatic ring is 1. The number of amides is 2. The molecule has 0 radical (unpaired) electrons. The van der Waals surface area contributed by atoms with E-state index in [1.54, 1.807) is 36.4 Å². The molecule has 2 aromatic carbocycles. The molecule has 0 spiro atoms. The minimum Gasteiger partial charge on any atom is -0.383 e. The number of nitrogens with zero attached hydrogens (tertiary/aromatic N) is 3. The van der Waals surface area contributed by atoms with Gasteiger partial charge >= 0.3 is 6.18 Å². The number of benzene rings is 2.